The third-order valence-corrected chi connectivity index (χ3v) is 3.43. The van der Waals surface area contributed by atoms with Crippen LogP contribution in [0.5, 0.6) is 5.75 Å². The van der Waals surface area contributed by atoms with Gasteiger partial charge in [-0.2, -0.15) is 0 Å². The molecule has 0 spiro atoms. The maximum Gasteiger partial charge on any atom is 0.143 e. The molecule has 0 unspecified atom stereocenters. The van der Waals surface area contributed by atoms with Crippen LogP contribution < -0.4 is 15.4 Å². The van der Waals surface area contributed by atoms with Gasteiger partial charge in [-0.1, -0.05) is 13.8 Å². The first-order chi connectivity index (χ1) is 7.61. The number of ether oxygens (including phenoxy) is 1. The summed E-state index contributed by atoms with van der Waals surface area (Å²) in [5.41, 5.74) is 7.70. The van der Waals surface area contributed by atoms with Crippen LogP contribution >= 0.6 is 0 Å². The Hall–Kier alpha value is -1.38. The van der Waals surface area contributed by atoms with Gasteiger partial charge in [-0.05, 0) is 24.0 Å². The summed E-state index contributed by atoms with van der Waals surface area (Å²) in [6, 6.07) is 6.00. The molecule has 0 atom stereocenters. The first kappa shape index (κ1) is 11.1. The normalized spacial score (nSPS) is 16.4. The van der Waals surface area contributed by atoms with Gasteiger partial charge in [0, 0.05) is 24.8 Å². The summed E-state index contributed by atoms with van der Waals surface area (Å²) in [6.07, 6.45) is 0. The fourth-order valence-electron chi connectivity index (χ4n) is 2.04. The zero-order valence-corrected chi connectivity index (χ0v) is 10.2. The number of anilines is 2. The number of hydrogen-bond acceptors (Lipinski definition) is 3. The van der Waals surface area contributed by atoms with E-state index in [9.17, 15) is 0 Å². The molecule has 1 saturated heterocycles. The fraction of sp³-hybridized carbons (Fsp3) is 0.538. The Balaban J connectivity index is 2.06. The van der Waals surface area contributed by atoms with Gasteiger partial charge in [-0.25, -0.2) is 0 Å². The van der Waals surface area contributed by atoms with Crippen molar-refractivity contribution in [2.24, 2.45) is 11.8 Å². The lowest BCUT2D eigenvalue weighted by Gasteiger charge is -2.43. The van der Waals surface area contributed by atoms with Gasteiger partial charge in [0.25, 0.3) is 0 Å². The lowest BCUT2D eigenvalue weighted by molar-refractivity contribution is 0.309. The van der Waals surface area contributed by atoms with Gasteiger partial charge < -0.3 is 15.4 Å². The minimum atomic E-state index is 0.701. The Labute approximate surface area is 97.2 Å². The van der Waals surface area contributed by atoms with Crippen LogP contribution in [-0.4, -0.2) is 20.2 Å². The molecule has 1 aromatic carbocycles. The van der Waals surface area contributed by atoms with E-state index in [1.54, 1.807) is 7.11 Å². The zero-order chi connectivity index (χ0) is 11.7. The number of rotatable bonds is 3. The highest BCUT2D eigenvalue weighted by Gasteiger charge is 2.29. The number of hydrogen-bond donors (Lipinski definition) is 1. The van der Waals surface area contributed by atoms with Crippen LogP contribution in [0.1, 0.15) is 13.8 Å². The SMILES string of the molecule is COc1cc(N2CC(C(C)C)C2)ccc1N. The monoisotopic (exact) mass is 220 g/mol. The molecule has 88 valence electrons. The van der Waals surface area contributed by atoms with Crippen LogP contribution in [0.25, 0.3) is 0 Å². The largest absolute Gasteiger partial charge is 0.495 e. The van der Waals surface area contributed by atoms with Crippen LogP contribution in [0, 0.1) is 11.8 Å². The number of nitrogens with zero attached hydrogens (tertiary/aromatic N) is 1. The maximum absolute atomic E-state index is 5.79. The number of benzene rings is 1. The van der Waals surface area contributed by atoms with E-state index in [-0.39, 0.29) is 0 Å². The van der Waals surface area contributed by atoms with Gasteiger partial charge in [0.1, 0.15) is 5.75 Å². The summed E-state index contributed by atoms with van der Waals surface area (Å²) in [5.74, 6) is 2.36. The van der Waals surface area contributed by atoms with Crippen molar-refractivity contribution >= 4 is 11.4 Å². The predicted octanol–water partition coefficient (Wildman–Crippen LogP) is 2.37. The molecule has 0 radical (unpaired) electrons. The molecule has 2 N–H and O–H groups in total. The molecular formula is C13H20N2O. The van der Waals surface area contributed by atoms with Gasteiger partial charge in [-0.15, -0.1) is 0 Å². The quantitative estimate of drug-likeness (QED) is 0.795. The second kappa shape index (κ2) is 4.24. The van der Waals surface area contributed by atoms with Crippen molar-refractivity contribution in [3.8, 4) is 5.75 Å². The van der Waals surface area contributed by atoms with Crippen LogP contribution in [0.4, 0.5) is 11.4 Å². The minimum absolute atomic E-state index is 0.701. The second-order valence-electron chi connectivity index (χ2n) is 4.84. The van der Waals surface area contributed by atoms with Gasteiger partial charge in [0.05, 0.1) is 12.8 Å². The Morgan fingerprint density at radius 1 is 1.38 bits per heavy atom. The topological polar surface area (TPSA) is 38.5 Å². The molecule has 0 bridgehead atoms. The van der Waals surface area contributed by atoms with E-state index in [0.717, 1.165) is 30.7 Å². The third kappa shape index (κ3) is 1.94. The predicted molar refractivity (Wildman–Crippen MR) is 67.9 cm³/mol. The van der Waals surface area contributed by atoms with E-state index in [0.29, 0.717) is 5.69 Å². The fourth-order valence-corrected chi connectivity index (χ4v) is 2.04. The first-order valence-corrected chi connectivity index (χ1v) is 5.80. The Morgan fingerprint density at radius 2 is 2.06 bits per heavy atom. The van der Waals surface area contributed by atoms with Gasteiger partial charge in [0.2, 0.25) is 0 Å². The van der Waals surface area contributed by atoms with E-state index in [2.05, 4.69) is 24.8 Å². The molecule has 1 heterocycles. The van der Waals surface area contributed by atoms with Crippen molar-refractivity contribution in [1.82, 2.24) is 0 Å². The van der Waals surface area contributed by atoms with Crippen LogP contribution in [0.3, 0.4) is 0 Å². The molecule has 1 fully saturated rings. The Kier molecular flexibility index (Phi) is 2.95. The standard InChI is InChI=1S/C13H20N2O/c1-9(2)10-7-15(8-10)11-4-5-12(14)13(6-11)16-3/h4-6,9-10H,7-8,14H2,1-3H3. The first-order valence-electron chi connectivity index (χ1n) is 5.80. The second-order valence-corrected chi connectivity index (χ2v) is 4.84. The molecule has 2 rings (SSSR count). The molecule has 0 amide bonds. The average Bonchev–Trinajstić information content (AvgIpc) is 2.17. The lowest BCUT2D eigenvalue weighted by atomic mass is 9.88. The lowest BCUT2D eigenvalue weighted by Crippen LogP contribution is -2.49. The van der Waals surface area contributed by atoms with Crippen molar-refractivity contribution < 1.29 is 4.74 Å². The van der Waals surface area contributed by atoms with Crippen molar-refractivity contribution in [2.45, 2.75) is 13.8 Å². The van der Waals surface area contributed by atoms with Gasteiger partial charge >= 0.3 is 0 Å². The molecule has 0 saturated carbocycles. The highest BCUT2D eigenvalue weighted by atomic mass is 16.5. The van der Waals surface area contributed by atoms with E-state index < -0.39 is 0 Å². The smallest absolute Gasteiger partial charge is 0.143 e. The molecule has 1 aromatic rings. The van der Waals surface area contributed by atoms with Gasteiger partial charge in [-0.3, -0.25) is 0 Å². The number of methoxy groups -OCH3 is 1. The van der Waals surface area contributed by atoms with E-state index in [1.165, 1.54) is 5.69 Å². The molecule has 0 aliphatic carbocycles. The van der Waals surface area contributed by atoms with Gasteiger partial charge in [0.15, 0.2) is 0 Å². The summed E-state index contributed by atoms with van der Waals surface area (Å²) < 4.78 is 5.23. The maximum atomic E-state index is 5.79. The van der Waals surface area contributed by atoms with Crippen LogP contribution in [0.15, 0.2) is 18.2 Å². The Morgan fingerprint density at radius 3 is 2.62 bits per heavy atom. The van der Waals surface area contributed by atoms with E-state index in [1.807, 2.05) is 12.1 Å². The van der Waals surface area contributed by atoms with Crippen LogP contribution in [-0.2, 0) is 0 Å². The summed E-state index contributed by atoms with van der Waals surface area (Å²) in [5, 5.41) is 0. The molecule has 16 heavy (non-hydrogen) atoms. The molecule has 0 aromatic heterocycles. The number of nitrogen functional groups attached to an aromatic ring is 1. The third-order valence-electron chi connectivity index (χ3n) is 3.43. The minimum Gasteiger partial charge on any atom is -0.495 e. The summed E-state index contributed by atoms with van der Waals surface area (Å²) in [6.45, 7) is 6.85. The zero-order valence-electron chi connectivity index (χ0n) is 10.2. The summed E-state index contributed by atoms with van der Waals surface area (Å²) in [4.78, 5) is 2.37. The Bertz CT molecular complexity index is 370. The molecule has 1 aliphatic rings. The van der Waals surface area contributed by atoms with E-state index >= 15 is 0 Å². The molecule has 3 heteroatoms. The van der Waals surface area contributed by atoms with Crippen molar-refractivity contribution in [3.63, 3.8) is 0 Å². The molecule has 3 nitrogen and oxygen atoms in total. The van der Waals surface area contributed by atoms with Crippen molar-refractivity contribution in [3.05, 3.63) is 18.2 Å². The van der Waals surface area contributed by atoms with Crippen molar-refractivity contribution in [2.75, 3.05) is 30.8 Å². The van der Waals surface area contributed by atoms with Crippen molar-refractivity contribution in [1.29, 1.82) is 0 Å². The number of nitrogens with two attached hydrogens (primary N) is 1. The molecular weight excluding hydrogens is 200 g/mol. The summed E-state index contributed by atoms with van der Waals surface area (Å²) in [7, 11) is 1.66. The highest BCUT2D eigenvalue weighted by Crippen LogP contribution is 2.33. The van der Waals surface area contributed by atoms with E-state index in [4.69, 9.17) is 10.5 Å². The molecule has 1 aliphatic heterocycles. The van der Waals surface area contributed by atoms with Crippen LogP contribution in [0.2, 0.25) is 0 Å². The highest BCUT2D eigenvalue weighted by molar-refractivity contribution is 5.63. The summed E-state index contributed by atoms with van der Waals surface area (Å²) >= 11 is 0. The average molecular weight is 220 g/mol.